The number of hydrogen-bond acceptors (Lipinski definition) is 1. The lowest BCUT2D eigenvalue weighted by Gasteiger charge is -2.10. The summed E-state index contributed by atoms with van der Waals surface area (Å²) in [5.41, 5.74) is 0.582. The fraction of sp³-hybridized carbons (Fsp3) is 0.400. The van der Waals surface area contributed by atoms with Crippen LogP contribution in [0.15, 0.2) is 24.3 Å². The van der Waals surface area contributed by atoms with E-state index in [1.54, 1.807) is 18.2 Å². The fourth-order valence-electron chi connectivity index (χ4n) is 0.996. The van der Waals surface area contributed by atoms with Crippen LogP contribution in [0.5, 0.6) is 5.75 Å². The molecule has 3 heteroatoms. The van der Waals surface area contributed by atoms with Gasteiger partial charge < -0.3 is 4.74 Å². The van der Waals surface area contributed by atoms with E-state index in [9.17, 15) is 4.39 Å². The van der Waals surface area contributed by atoms with E-state index >= 15 is 0 Å². The van der Waals surface area contributed by atoms with Crippen LogP contribution in [0.3, 0.4) is 0 Å². The molecule has 0 saturated carbocycles. The minimum absolute atomic E-state index is 0.114. The number of hydrogen-bond donors (Lipinski definition) is 0. The van der Waals surface area contributed by atoms with Crippen LogP contribution in [0, 0.1) is 0 Å². The minimum atomic E-state index is -1.12. The van der Waals surface area contributed by atoms with Gasteiger partial charge in [-0.1, -0.05) is 12.1 Å². The van der Waals surface area contributed by atoms with Crippen molar-refractivity contribution >= 4 is 15.9 Å². The quantitative estimate of drug-likeness (QED) is 0.737. The number of alkyl halides is 2. The Hall–Kier alpha value is -0.570. The van der Waals surface area contributed by atoms with Gasteiger partial charge >= 0.3 is 0 Å². The monoisotopic (exact) mass is 246 g/mol. The summed E-state index contributed by atoms with van der Waals surface area (Å²) >= 11 is 2.86. The average molecular weight is 247 g/mol. The molecular formula is C10H12BrFO. The van der Waals surface area contributed by atoms with Crippen molar-refractivity contribution in [2.45, 2.75) is 25.0 Å². The van der Waals surface area contributed by atoms with E-state index < -0.39 is 5.08 Å². The first-order valence-electron chi connectivity index (χ1n) is 4.14. The molecule has 0 fully saturated rings. The smallest absolute Gasteiger partial charge is 0.180 e. The topological polar surface area (TPSA) is 9.23 Å². The predicted octanol–water partition coefficient (Wildman–Crippen LogP) is 3.84. The van der Waals surface area contributed by atoms with Gasteiger partial charge in [0.2, 0.25) is 0 Å². The van der Waals surface area contributed by atoms with E-state index in [0.717, 1.165) is 0 Å². The van der Waals surface area contributed by atoms with Crippen molar-refractivity contribution in [3.8, 4) is 5.75 Å². The summed E-state index contributed by atoms with van der Waals surface area (Å²) in [7, 11) is 0. The van der Waals surface area contributed by atoms with Crippen molar-refractivity contribution in [1.82, 2.24) is 0 Å². The average Bonchev–Trinajstić information content (AvgIpc) is 2.03. The molecule has 72 valence electrons. The normalized spacial score (nSPS) is 13.0. The van der Waals surface area contributed by atoms with Gasteiger partial charge in [0.1, 0.15) is 5.75 Å². The first-order valence-corrected chi connectivity index (χ1v) is 5.06. The zero-order chi connectivity index (χ0) is 9.84. The van der Waals surface area contributed by atoms with Crippen molar-refractivity contribution in [1.29, 1.82) is 0 Å². The van der Waals surface area contributed by atoms with E-state index in [4.69, 9.17) is 4.74 Å². The zero-order valence-corrected chi connectivity index (χ0v) is 9.21. The Morgan fingerprint density at radius 3 is 2.62 bits per heavy atom. The molecule has 0 bridgehead atoms. The van der Waals surface area contributed by atoms with Gasteiger partial charge in [-0.25, -0.2) is 4.39 Å². The van der Waals surface area contributed by atoms with Crippen LogP contribution in [0.4, 0.5) is 4.39 Å². The molecule has 0 aliphatic heterocycles. The molecule has 0 spiro atoms. The third-order valence-electron chi connectivity index (χ3n) is 1.48. The van der Waals surface area contributed by atoms with E-state index in [0.29, 0.717) is 11.3 Å². The van der Waals surface area contributed by atoms with Crippen LogP contribution in [-0.2, 0) is 0 Å². The Balaban J connectivity index is 2.79. The highest BCUT2D eigenvalue weighted by Crippen LogP contribution is 2.26. The van der Waals surface area contributed by atoms with Gasteiger partial charge in [0, 0.05) is 5.56 Å². The highest BCUT2D eigenvalue weighted by Gasteiger charge is 2.05. The number of ether oxygens (including phenoxy) is 1. The largest absolute Gasteiger partial charge is 0.491 e. The molecule has 0 aliphatic carbocycles. The second-order valence-corrected chi connectivity index (χ2v) is 3.84. The lowest BCUT2D eigenvalue weighted by molar-refractivity contribution is 0.242. The Bertz CT molecular complexity index is 273. The van der Waals surface area contributed by atoms with Crippen molar-refractivity contribution in [2.24, 2.45) is 0 Å². The highest BCUT2D eigenvalue weighted by molar-refractivity contribution is 9.09. The van der Waals surface area contributed by atoms with Gasteiger partial charge in [0.15, 0.2) is 5.08 Å². The SMILES string of the molecule is CC(C)Oc1cccc(C(F)Br)c1. The molecule has 0 radical (unpaired) electrons. The number of rotatable bonds is 3. The maximum atomic E-state index is 12.8. The summed E-state index contributed by atoms with van der Waals surface area (Å²) in [4.78, 5) is 0. The van der Waals surface area contributed by atoms with Crippen molar-refractivity contribution < 1.29 is 9.13 Å². The molecule has 1 aromatic carbocycles. The Morgan fingerprint density at radius 1 is 1.38 bits per heavy atom. The highest BCUT2D eigenvalue weighted by atomic mass is 79.9. The van der Waals surface area contributed by atoms with Gasteiger partial charge in [-0.05, 0) is 41.9 Å². The van der Waals surface area contributed by atoms with Crippen molar-refractivity contribution in [3.63, 3.8) is 0 Å². The standard InChI is InChI=1S/C10H12BrFO/c1-7(2)13-9-5-3-4-8(6-9)10(11)12/h3-7,10H,1-2H3. The maximum Gasteiger partial charge on any atom is 0.180 e. The summed E-state index contributed by atoms with van der Waals surface area (Å²) in [5.74, 6) is 0.703. The molecule has 0 heterocycles. The summed E-state index contributed by atoms with van der Waals surface area (Å²) in [6.45, 7) is 3.88. The van der Waals surface area contributed by atoms with Gasteiger partial charge in [-0.3, -0.25) is 0 Å². The molecule has 0 aliphatic rings. The second kappa shape index (κ2) is 4.61. The maximum absolute atomic E-state index is 12.8. The van der Waals surface area contributed by atoms with E-state index in [1.165, 1.54) is 0 Å². The number of halogens is 2. The van der Waals surface area contributed by atoms with Crippen LogP contribution < -0.4 is 4.74 Å². The summed E-state index contributed by atoms with van der Waals surface area (Å²) < 4.78 is 18.2. The minimum Gasteiger partial charge on any atom is -0.491 e. The third-order valence-corrected chi connectivity index (χ3v) is 2.01. The van der Waals surface area contributed by atoms with Crippen LogP contribution in [-0.4, -0.2) is 6.10 Å². The molecule has 0 amide bonds. The van der Waals surface area contributed by atoms with E-state index in [-0.39, 0.29) is 6.10 Å². The molecule has 13 heavy (non-hydrogen) atoms. The third kappa shape index (κ3) is 3.35. The van der Waals surface area contributed by atoms with Crippen molar-refractivity contribution in [2.75, 3.05) is 0 Å². The lowest BCUT2D eigenvalue weighted by Crippen LogP contribution is -2.05. The molecule has 1 atom stereocenters. The van der Waals surface area contributed by atoms with Crippen LogP contribution in [0.1, 0.15) is 24.5 Å². The van der Waals surface area contributed by atoms with Gasteiger partial charge in [0.05, 0.1) is 6.10 Å². The summed E-state index contributed by atoms with van der Waals surface area (Å²) in [5, 5.41) is -1.12. The molecule has 0 saturated heterocycles. The molecular weight excluding hydrogens is 235 g/mol. The van der Waals surface area contributed by atoms with E-state index in [2.05, 4.69) is 15.9 Å². The first-order chi connectivity index (χ1) is 6.09. The van der Waals surface area contributed by atoms with Crippen LogP contribution >= 0.6 is 15.9 Å². The first kappa shape index (κ1) is 10.5. The van der Waals surface area contributed by atoms with Crippen molar-refractivity contribution in [3.05, 3.63) is 29.8 Å². The molecule has 1 unspecified atom stereocenters. The summed E-state index contributed by atoms with van der Waals surface area (Å²) in [6, 6.07) is 7.01. The molecule has 1 aromatic rings. The number of benzene rings is 1. The van der Waals surface area contributed by atoms with Gasteiger partial charge in [0.25, 0.3) is 0 Å². The molecule has 1 rings (SSSR count). The molecule has 1 nitrogen and oxygen atoms in total. The lowest BCUT2D eigenvalue weighted by atomic mass is 10.2. The van der Waals surface area contributed by atoms with Crippen LogP contribution in [0.25, 0.3) is 0 Å². The second-order valence-electron chi connectivity index (χ2n) is 3.04. The fourth-order valence-corrected chi connectivity index (χ4v) is 1.28. The molecule has 0 N–H and O–H groups in total. The van der Waals surface area contributed by atoms with Crippen LogP contribution in [0.2, 0.25) is 0 Å². The predicted molar refractivity (Wildman–Crippen MR) is 55.0 cm³/mol. The molecule has 0 aromatic heterocycles. The Kier molecular flexibility index (Phi) is 3.72. The van der Waals surface area contributed by atoms with Gasteiger partial charge in [-0.2, -0.15) is 0 Å². The summed E-state index contributed by atoms with van der Waals surface area (Å²) in [6.07, 6.45) is 0.114. The zero-order valence-electron chi connectivity index (χ0n) is 7.63. The Morgan fingerprint density at radius 2 is 2.08 bits per heavy atom. The van der Waals surface area contributed by atoms with Gasteiger partial charge in [-0.15, -0.1) is 0 Å². The Labute approximate surface area is 86.0 Å². The van der Waals surface area contributed by atoms with E-state index in [1.807, 2.05) is 19.9 Å².